The molecule has 0 bridgehead atoms. The molecule has 1 amide bonds. The number of amides is 1. The van der Waals surface area contributed by atoms with Crippen molar-refractivity contribution in [2.45, 2.75) is 33.5 Å². The van der Waals surface area contributed by atoms with E-state index in [9.17, 15) is 27.2 Å². The van der Waals surface area contributed by atoms with Crippen LogP contribution in [-0.2, 0) is 17.5 Å². The lowest BCUT2D eigenvalue weighted by molar-refractivity contribution is -0.141. The first-order chi connectivity index (χ1) is 17.9. The first kappa shape index (κ1) is 26.4. The highest BCUT2D eigenvalue weighted by Crippen LogP contribution is 2.30. The maximum atomic E-state index is 13.4. The van der Waals surface area contributed by atoms with Crippen LogP contribution < -0.4 is 10.9 Å². The Morgan fingerprint density at radius 2 is 1.95 bits per heavy atom. The lowest BCUT2D eigenvalue weighted by Gasteiger charge is -2.12. The van der Waals surface area contributed by atoms with Crippen LogP contribution in [-0.4, -0.2) is 36.8 Å². The van der Waals surface area contributed by atoms with E-state index in [1.807, 2.05) is 6.92 Å². The number of carbonyl (C=O) groups is 1. The van der Waals surface area contributed by atoms with Crippen LogP contribution >= 0.6 is 0 Å². The van der Waals surface area contributed by atoms with Gasteiger partial charge in [0.15, 0.2) is 5.65 Å². The van der Waals surface area contributed by atoms with Crippen molar-refractivity contribution in [3.05, 3.63) is 81.6 Å². The molecular formula is C25H21F4N7O2. The SMILES string of the molecule is C=N/C(=C\C=C(/C)F)NC(=O)Cn1c(=O)c2ccc(C(F)(F)F)nc2n2nc(-c3c(C)ccnc3C)cc12. The average molecular weight is 527 g/mol. The number of rotatable bonds is 6. The van der Waals surface area contributed by atoms with Gasteiger partial charge < -0.3 is 5.32 Å². The Hall–Kier alpha value is -4.68. The van der Waals surface area contributed by atoms with Gasteiger partial charge in [-0.1, -0.05) is 0 Å². The van der Waals surface area contributed by atoms with E-state index in [1.54, 1.807) is 19.2 Å². The number of hydrogen-bond acceptors (Lipinski definition) is 6. The van der Waals surface area contributed by atoms with E-state index in [1.165, 1.54) is 19.1 Å². The molecule has 0 fully saturated rings. The van der Waals surface area contributed by atoms with Crippen molar-refractivity contribution in [3.63, 3.8) is 0 Å². The van der Waals surface area contributed by atoms with E-state index >= 15 is 0 Å². The Kier molecular flexibility index (Phi) is 6.94. The topological polar surface area (TPSA) is 107 Å². The van der Waals surface area contributed by atoms with Gasteiger partial charge in [0, 0.05) is 23.5 Å². The number of fused-ring (bicyclic) bond motifs is 3. The van der Waals surface area contributed by atoms with Gasteiger partial charge in [-0.3, -0.25) is 19.1 Å². The molecular weight excluding hydrogens is 506 g/mol. The van der Waals surface area contributed by atoms with E-state index < -0.39 is 35.7 Å². The van der Waals surface area contributed by atoms with Gasteiger partial charge in [-0.2, -0.15) is 22.8 Å². The summed E-state index contributed by atoms with van der Waals surface area (Å²) in [5.74, 6) is -1.32. The summed E-state index contributed by atoms with van der Waals surface area (Å²) in [6.07, 6.45) is -0.896. The minimum absolute atomic E-state index is 0.0266. The number of hydrogen-bond donors (Lipinski definition) is 1. The molecule has 0 aliphatic heterocycles. The summed E-state index contributed by atoms with van der Waals surface area (Å²) >= 11 is 0. The van der Waals surface area contributed by atoms with Gasteiger partial charge in [0.05, 0.1) is 16.9 Å². The second kappa shape index (κ2) is 10.00. The first-order valence-corrected chi connectivity index (χ1v) is 11.1. The summed E-state index contributed by atoms with van der Waals surface area (Å²) in [4.78, 5) is 37.7. The van der Waals surface area contributed by atoms with Crippen LogP contribution in [0.4, 0.5) is 17.6 Å². The fraction of sp³-hybridized carbons (Fsp3) is 0.200. The van der Waals surface area contributed by atoms with Gasteiger partial charge in [0.25, 0.3) is 5.56 Å². The van der Waals surface area contributed by atoms with Crippen LogP contribution in [0.3, 0.4) is 0 Å². The highest BCUT2D eigenvalue weighted by atomic mass is 19.4. The highest BCUT2D eigenvalue weighted by molar-refractivity contribution is 5.82. The molecule has 4 aromatic heterocycles. The van der Waals surface area contributed by atoms with Gasteiger partial charge in [0.1, 0.15) is 23.7 Å². The zero-order valence-electron chi connectivity index (χ0n) is 20.5. The molecule has 9 nitrogen and oxygen atoms in total. The molecule has 1 N–H and O–H groups in total. The number of aliphatic imine (C=N–C) groups is 1. The van der Waals surface area contributed by atoms with Crippen molar-refractivity contribution in [1.82, 2.24) is 29.5 Å². The highest BCUT2D eigenvalue weighted by Gasteiger charge is 2.33. The van der Waals surface area contributed by atoms with Crippen LogP contribution in [0.25, 0.3) is 27.9 Å². The monoisotopic (exact) mass is 527 g/mol. The summed E-state index contributed by atoms with van der Waals surface area (Å²) in [6.45, 7) is 7.52. The molecule has 0 saturated carbocycles. The molecule has 4 rings (SSSR count). The Bertz CT molecular complexity index is 1690. The van der Waals surface area contributed by atoms with Crippen LogP contribution in [0.2, 0.25) is 0 Å². The van der Waals surface area contributed by atoms with Gasteiger partial charge in [-0.25, -0.2) is 14.4 Å². The van der Waals surface area contributed by atoms with Gasteiger partial charge in [-0.15, -0.1) is 0 Å². The standard InChI is InChI=1S/C25H21F4N7O2/c1-13-9-10-31-15(3)22(13)17-11-21-35(12-20(37)33-19(30-4)8-5-14(2)26)24(38)16-6-7-18(25(27,28)29)32-23(16)36(21)34-17/h5-11H,4,12H2,1-3H3,(H,33,37)/b14-5+,19-8+. The van der Waals surface area contributed by atoms with Gasteiger partial charge >= 0.3 is 6.18 Å². The number of alkyl halides is 3. The van der Waals surface area contributed by atoms with E-state index in [0.29, 0.717) is 23.0 Å². The molecule has 196 valence electrons. The number of nitrogens with zero attached hydrogens (tertiary/aromatic N) is 6. The lowest BCUT2D eigenvalue weighted by atomic mass is 10.1. The molecule has 13 heteroatoms. The molecule has 0 radical (unpaired) electrons. The molecule has 0 saturated heterocycles. The predicted molar refractivity (Wildman–Crippen MR) is 133 cm³/mol. The van der Waals surface area contributed by atoms with Crippen LogP contribution in [0.15, 0.2) is 64.0 Å². The zero-order valence-corrected chi connectivity index (χ0v) is 20.5. The van der Waals surface area contributed by atoms with E-state index in [2.05, 4.69) is 32.1 Å². The number of nitrogens with one attached hydrogen (secondary N) is 1. The summed E-state index contributed by atoms with van der Waals surface area (Å²) < 4.78 is 55.5. The molecule has 0 aliphatic rings. The van der Waals surface area contributed by atoms with Crippen LogP contribution in [0.5, 0.6) is 0 Å². The minimum atomic E-state index is -4.76. The third-order valence-corrected chi connectivity index (χ3v) is 5.62. The van der Waals surface area contributed by atoms with Crippen molar-refractivity contribution in [3.8, 4) is 11.3 Å². The van der Waals surface area contributed by atoms with E-state index in [-0.39, 0.29) is 22.5 Å². The van der Waals surface area contributed by atoms with Crippen molar-refractivity contribution in [2.75, 3.05) is 0 Å². The quantitative estimate of drug-likeness (QED) is 0.229. The summed E-state index contributed by atoms with van der Waals surface area (Å²) in [5, 5.41) is 6.69. The van der Waals surface area contributed by atoms with Crippen LogP contribution in [0, 0.1) is 13.8 Å². The maximum Gasteiger partial charge on any atom is 0.433 e. The Morgan fingerprint density at radius 3 is 2.58 bits per heavy atom. The maximum absolute atomic E-state index is 13.4. The Labute approximate surface area is 212 Å². The van der Waals surface area contributed by atoms with Crippen molar-refractivity contribution in [2.24, 2.45) is 4.99 Å². The number of aryl methyl sites for hydroxylation is 2. The average Bonchev–Trinajstić information content (AvgIpc) is 3.28. The molecule has 0 atom stereocenters. The van der Waals surface area contributed by atoms with Crippen molar-refractivity contribution < 1.29 is 22.4 Å². The van der Waals surface area contributed by atoms with Gasteiger partial charge in [-0.05, 0) is 63.4 Å². The number of halogens is 4. The molecule has 38 heavy (non-hydrogen) atoms. The molecule has 0 spiro atoms. The smallest absolute Gasteiger partial charge is 0.309 e. The molecule has 0 aliphatic carbocycles. The largest absolute Gasteiger partial charge is 0.433 e. The first-order valence-electron chi connectivity index (χ1n) is 11.1. The third kappa shape index (κ3) is 5.08. The molecule has 0 unspecified atom stereocenters. The van der Waals surface area contributed by atoms with Crippen molar-refractivity contribution >= 4 is 29.3 Å². The van der Waals surface area contributed by atoms with E-state index in [4.69, 9.17) is 0 Å². The minimum Gasteiger partial charge on any atom is -0.309 e. The fourth-order valence-corrected chi connectivity index (χ4v) is 3.91. The van der Waals surface area contributed by atoms with Crippen molar-refractivity contribution in [1.29, 1.82) is 0 Å². The molecule has 4 aromatic rings. The van der Waals surface area contributed by atoms with E-state index in [0.717, 1.165) is 26.8 Å². The summed E-state index contributed by atoms with van der Waals surface area (Å²) in [6, 6.07) is 4.90. The zero-order chi connectivity index (χ0) is 27.8. The van der Waals surface area contributed by atoms with Crippen LogP contribution in [0.1, 0.15) is 23.9 Å². The number of pyridine rings is 2. The normalized spacial score (nSPS) is 12.8. The predicted octanol–water partition coefficient (Wildman–Crippen LogP) is 4.27. The Morgan fingerprint density at radius 1 is 1.21 bits per heavy atom. The fourth-order valence-electron chi connectivity index (χ4n) is 3.91. The summed E-state index contributed by atoms with van der Waals surface area (Å²) in [7, 11) is 0. The number of allylic oxidation sites excluding steroid dienone is 3. The lowest BCUT2D eigenvalue weighted by Crippen LogP contribution is -2.33. The number of carbonyl (C=O) groups excluding carboxylic acids is 1. The Balaban J connectivity index is 1.94. The second-order valence-electron chi connectivity index (χ2n) is 8.36. The second-order valence-corrected chi connectivity index (χ2v) is 8.36. The molecule has 0 aromatic carbocycles. The summed E-state index contributed by atoms with van der Waals surface area (Å²) in [5.41, 5.74) is 0.0961. The molecule has 4 heterocycles. The third-order valence-electron chi connectivity index (χ3n) is 5.62. The number of aromatic nitrogens is 5. The van der Waals surface area contributed by atoms with Gasteiger partial charge in [0.2, 0.25) is 5.91 Å².